The minimum absolute atomic E-state index is 0.0656. The van der Waals surface area contributed by atoms with E-state index in [0.717, 1.165) is 22.7 Å². The van der Waals surface area contributed by atoms with E-state index < -0.39 is 17.8 Å². The molecule has 2 aromatic carbocycles. The highest BCUT2D eigenvalue weighted by Crippen LogP contribution is 2.39. The summed E-state index contributed by atoms with van der Waals surface area (Å²) in [5.41, 5.74) is 0.119. The molecule has 154 valence electrons. The number of para-hydroxylation sites is 1. The van der Waals surface area contributed by atoms with Gasteiger partial charge in [-0.25, -0.2) is 9.59 Å². The third-order valence-corrected chi connectivity index (χ3v) is 5.49. The third-order valence-electron chi connectivity index (χ3n) is 4.18. The first-order valence-corrected chi connectivity index (χ1v) is 9.60. The second kappa shape index (κ2) is 8.56. The van der Waals surface area contributed by atoms with E-state index >= 15 is 0 Å². The minimum atomic E-state index is -1.32. The van der Waals surface area contributed by atoms with Crippen LogP contribution in [0.4, 0.5) is 5.69 Å². The zero-order chi connectivity index (χ0) is 22.0. The van der Waals surface area contributed by atoms with E-state index in [1.54, 1.807) is 24.3 Å². The molecule has 1 amide bonds. The number of carbonyl (C=O) groups excluding carboxylic acids is 1. The van der Waals surface area contributed by atoms with Crippen LogP contribution in [-0.2, 0) is 4.79 Å². The molecule has 0 saturated carbocycles. The lowest BCUT2D eigenvalue weighted by Crippen LogP contribution is -2.28. The first-order valence-electron chi connectivity index (χ1n) is 8.37. The molecule has 2 N–H and O–H groups in total. The molecule has 0 atom stereocenters. The van der Waals surface area contributed by atoms with Crippen LogP contribution in [0.2, 0.25) is 0 Å². The second-order valence-corrected chi connectivity index (χ2v) is 7.65. The predicted molar refractivity (Wildman–Crippen MR) is 116 cm³/mol. The molecular formula is C20H15NO7S2. The van der Waals surface area contributed by atoms with Crippen LogP contribution in [-0.4, -0.2) is 46.6 Å². The molecule has 1 aliphatic heterocycles. The van der Waals surface area contributed by atoms with Crippen molar-refractivity contribution in [2.45, 2.75) is 0 Å². The minimum Gasteiger partial charge on any atom is -0.493 e. The molecule has 10 heteroatoms. The topological polar surface area (TPSA) is 113 Å². The number of benzene rings is 2. The zero-order valence-electron chi connectivity index (χ0n) is 15.7. The van der Waals surface area contributed by atoms with Gasteiger partial charge in [0.05, 0.1) is 35.9 Å². The molecule has 1 fully saturated rings. The standard InChI is InChI=1S/C20H15NO7S2/c1-27-14-5-3-4-10(16(14)28-2)9-15-17(22)21(20(29)30-15)13-7-11(18(23)24)6-12(8-13)19(25)26/h3-9H,1-2H3,(H,23,24)(H,25,26)/b15-9+. The number of nitrogens with zero attached hydrogens (tertiary/aromatic N) is 1. The summed E-state index contributed by atoms with van der Waals surface area (Å²) < 4.78 is 10.8. The lowest BCUT2D eigenvalue weighted by atomic mass is 10.1. The van der Waals surface area contributed by atoms with Crippen LogP contribution < -0.4 is 14.4 Å². The number of thioether (sulfide) groups is 1. The number of carbonyl (C=O) groups is 3. The van der Waals surface area contributed by atoms with Crippen LogP contribution >= 0.6 is 24.0 Å². The van der Waals surface area contributed by atoms with Gasteiger partial charge in [0, 0.05) is 5.56 Å². The first-order chi connectivity index (χ1) is 14.3. The van der Waals surface area contributed by atoms with E-state index in [1.165, 1.54) is 26.4 Å². The highest BCUT2D eigenvalue weighted by Gasteiger charge is 2.34. The SMILES string of the molecule is COc1cccc(/C=C2/SC(=S)N(c3cc(C(=O)O)cc(C(=O)O)c3)C2=O)c1OC. The highest BCUT2D eigenvalue weighted by molar-refractivity contribution is 8.27. The zero-order valence-corrected chi connectivity index (χ0v) is 17.4. The van der Waals surface area contributed by atoms with Gasteiger partial charge >= 0.3 is 11.9 Å². The summed E-state index contributed by atoms with van der Waals surface area (Å²) in [5.74, 6) is -2.22. The molecule has 0 bridgehead atoms. The molecule has 0 radical (unpaired) electrons. The van der Waals surface area contributed by atoms with Crippen LogP contribution in [0.1, 0.15) is 26.3 Å². The van der Waals surface area contributed by atoms with Crippen LogP contribution in [0, 0.1) is 0 Å². The molecule has 8 nitrogen and oxygen atoms in total. The molecule has 1 heterocycles. The number of carboxylic acids is 2. The maximum Gasteiger partial charge on any atom is 0.335 e. The summed E-state index contributed by atoms with van der Waals surface area (Å²) in [4.78, 5) is 37.1. The number of ether oxygens (including phenoxy) is 2. The van der Waals surface area contributed by atoms with Gasteiger partial charge in [-0.15, -0.1) is 0 Å². The third kappa shape index (κ3) is 4.00. The Hall–Kier alpha value is -3.37. The Kier molecular flexibility index (Phi) is 6.09. The van der Waals surface area contributed by atoms with Gasteiger partial charge in [0.1, 0.15) is 0 Å². The normalized spacial score (nSPS) is 14.9. The molecule has 3 rings (SSSR count). The fourth-order valence-corrected chi connectivity index (χ4v) is 4.13. The number of hydrogen-bond donors (Lipinski definition) is 2. The quantitative estimate of drug-likeness (QED) is 0.509. The molecule has 30 heavy (non-hydrogen) atoms. The lowest BCUT2D eigenvalue weighted by Gasteiger charge is -2.16. The van der Waals surface area contributed by atoms with E-state index in [0.29, 0.717) is 17.1 Å². The number of methoxy groups -OCH3 is 2. The van der Waals surface area contributed by atoms with Gasteiger partial charge in [0.25, 0.3) is 5.91 Å². The lowest BCUT2D eigenvalue weighted by molar-refractivity contribution is -0.113. The van der Waals surface area contributed by atoms with E-state index in [9.17, 15) is 24.6 Å². The maximum absolute atomic E-state index is 13.0. The molecule has 0 spiro atoms. The fraction of sp³-hybridized carbons (Fsp3) is 0.100. The molecule has 1 aliphatic rings. The Morgan fingerprint density at radius 3 is 2.23 bits per heavy atom. The van der Waals surface area contributed by atoms with Gasteiger partial charge in [-0.3, -0.25) is 9.69 Å². The van der Waals surface area contributed by atoms with Crippen molar-refractivity contribution < 1.29 is 34.1 Å². The second-order valence-electron chi connectivity index (χ2n) is 5.98. The van der Waals surface area contributed by atoms with Gasteiger partial charge in [0.15, 0.2) is 15.8 Å². The average Bonchev–Trinajstić information content (AvgIpc) is 3.00. The summed E-state index contributed by atoms with van der Waals surface area (Å²) in [7, 11) is 2.97. The number of anilines is 1. The summed E-state index contributed by atoms with van der Waals surface area (Å²) in [6.07, 6.45) is 1.58. The number of carboxylic acid groups (broad SMARTS) is 2. The monoisotopic (exact) mass is 445 g/mol. The van der Waals surface area contributed by atoms with E-state index in [4.69, 9.17) is 21.7 Å². The molecule has 2 aromatic rings. The van der Waals surface area contributed by atoms with Gasteiger partial charge in [0.2, 0.25) is 0 Å². The number of rotatable bonds is 6. The van der Waals surface area contributed by atoms with Crippen molar-refractivity contribution in [3.05, 3.63) is 58.0 Å². The number of thiocarbonyl (C=S) groups is 1. The smallest absolute Gasteiger partial charge is 0.335 e. The summed E-state index contributed by atoms with van der Waals surface area (Å²) in [6, 6.07) is 8.61. The molecule has 1 saturated heterocycles. The Balaban J connectivity index is 2.05. The van der Waals surface area contributed by atoms with Crippen molar-refractivity contribution in [3.8, 4) is 11.5 Å². The predicted octanol–water partition coefficient (Wildman–Crippen LogP) is 3.51. The average molecular weight is 445 g/mol. The van der Waals surface area contributed by atoms with Gasteiger partial charge in [-0.05, 0) is 30.3 Å². The van der Waals surface area contributed by atoms with E-state index in [1.807, 2.05) is 0 Å². The van der Waals surface area contributed by atoms with E-state index in [-0.39, 0.29) is 26.0 Å². The van der Waals surface area contributed by atoms with Crippen molar-refractivity contribution in [1.29, 1.82) is 0 Å². The summed E-state index contributed by atoms with van der Waals surface area (Å²) >= 11 is 6.31. The molecule has 0 aliphatic carbocycles. The first kappa shape index (κ1) is 21.3. The van der Waals surface area contributed by atoms with Crippen LogP contribution in [0.5, 0.6) is 11.5 Å². The van der Waals surface area contributed by atoms with Crippen molar-refractivity contribution in [1.82, 2.24) is 0 Å². The molecular weight excluding hydrogens is 430 g/mol. The van der Waals surface area contributed by atoms with Gasteiger partial charge in [-0.1, -0.05) is 36.1 Å². The number of hydrogen-bond acceptors (Lipinski definition) is 7. The Labute approximate surface area is 180 Å². The van der Waals surface area contributed by atoms with Crippen molar-refractivity contribution >= 4 is 57.9 Å². The fourth-order valence-electron chi connectivity index (χ4n) is 2.84. The largest absolute Gasteiger partial charge is 0.493 e. The Morgan fingerprint density at radius 2 is 1.70 bits per heavy atom. The van der Waals surface area contributed by atoms with Crippen LogP contribution in [0.25, 0.3) is 6.08 Å². The van der Waals surface area contributed by atoms with Crippen molar-refractivity contribution in [3.63, 3.8) is 0 Å². The highest BCUT2D eigenvalue weighted by atomic mass is 32.2. The summed E-state index contributed by atoms with van der Waals surface area (Å²) in [6.45, 7) is 0. The van der Waals surface area contributed by atoms with Crippen LogP contribution in [0.15, 0.2) is 41.3 Å². The number of aromatic carboxylic acids is 2. The van der Waals surface area contributed by atoms with Gasteiger partial charge < -0.3 is 19.7 Å². The van der Waals surface area contributed by atoms with Gasteiger partial charge in [-0.2, -0.15) is 0 Å². The molecule has 0 aromatic heterocycles. The Bertz CT molecular complexity index is 1080. The van der Waals surface area contributed by atoms with Crippen LogP contribution in [0.3, 0.4) is 0 Å². The Morgan fingerprint density at radius 1 is 1.07 bits per heavy atom. The van der Waals surface area contributed by atoms with E-state index in [2.05, 4.69) is 0 Å². The van der Waals surface area contributed by atoms with Crippen molar-refractivity contribution in [2.24, 2.45) is 0 Å². The number of amides is 1. The van der Waals surface area contributed by atoms with Crippen molar-refractivity contribution in [2.75, 3.05) is 19.1 Å². The summed E-state index contributed by atoms with van der Waals surface area (Å²) in [5, 5.41) is 18.5. The maximum atomic E-state index is 13.0. The molecule has 0 unspecified atom stereocenters.